The van der Waals surface area contributed by atoms with E-state index in [0.717, 1.165) is 5.56 Å². The minimum absolute atomic E-state index is 0.0411. The SMILES string of the molecule is Cc1ccncc1NC(=O)c1cncc(O)c1. The summed E-state index contributed by atoms with van der Waals surface area (Å²) in [6.45, 7) is 1.87. The molecule has 2 aromatic heterocycles. The number of anilines is 1. The van der Waals surface area contributed by atoms with E-state index in [-0.39, 0.29) is 11.7 Å². The highest BCUT2D eigenvalue weighted by atomic mass is 16.3. The number of nitrogens with zero attached hydrogens (tertiary/aromatic N) is 2. The molecule has 2 aromatic rings. The number of hydrogen-bond donors (Lipinski definition) is 2. The molecule has 0 atom stereocenters. The van der Waals surface area contributed by atoms with Gasteiger partial charge in [-0.25, -0.2) is 0 Å². The van der Waals surface area contributed by atoms with E-state index in [9.17, 15) is 9.90 Å². The molecule has 2 rings (SSSR count). The predicted molar refractivity (Wildman–Crippen MR) is 62.8 cm³/mol. The molecule has 0 aliphatic heterocycles. The second-order valence-corrected chi connectivity index (χ2v) is 3.58. The number of pyridine rings is 2. The maximum absolute atomic E-state index is 11.8. The highest BCUT2D eigenvalue weighted by Gasteiger charge is 2.08. The third kappa shape index (κ3) is 2.57. The van der Waals surface area contributed by atoms with Crippen LogP contribution in [0.4, 0.5) is 5.69 Å². The van der Waals surface area contributed by atoms with Crippen LogP contribution in [0, 0.1) is 6.92 Å². The van der Waals surface area contributed by atoms with Gasteiger partial charge in [0.1, 0.15) is 5.75 Å². The highest BCUT2D eigenvalue weighted by molar-refractivity contribution is 6.04. The summed E-state index contributed by atoms with van der Waals surface area (Å²) >= 11 is 0. The van der Waals surface area contributed by atoms with Gasteiger partial charge in [0, 0.05) is 12.4 Å². The first-order chi connectivity index (χ1) is 8.16. The normalized spacial score (nSPS) is 9.94. The van der Waals surface area contributed by atoms with Gasteiger partial charge in [-0.3, -0.25) is 14.8 Å². The van der Waals surface area contributed by atoms with E-state index in [0.29, 0.717) is 11.3 Å². The number of amides is 1. The lowest BCUT2D eigenvalue weighted by molar-refractivity contribution is 0.102. The molecule has 0 aliphatic carbocycles. The fraction of sp³-hybridized carbons (Fsp3) is 0.0833. The largest absolute Gasteiger partial charge is 0.506 e. The zero-order valence-corrected chi connectivity index (χ0v) is 9.21. The molecule has 5 heteroatoms. The first-order valence-electron chi connectivity index (χ1n) is 5.03. The number of aromatic nitrogens is 2. The van der Waals surface area contributed by atoms with Crippen molar-refractivity contribution in [3.05, 3.63) is 48.0 Å². The minimum atomic E-state index is -0.329. The van der Waals surface area contributed by atoms with Crippen molar-refractivity contribution in [1.29, 1.82) is 0 Å². The van der Waals surface area contributed by atoms with Crippen molar-refractivity contribution in [2.45, 2.75) is 6.92 Å². The molecule has 1 amide bonds. The lowest BCUT2D eigenvalue weighted by atomic mass is 10.2. The fourth-order valence-electron chi connectivity index (χ4n) is 1.34. The summed E-state index contributed by atoms with van der Waals surface area (Å²) in [4.78, 5) is 19.5. The van der Waals surface area contributed by atoms with Crippen LogP contribution in [0.3, 0.4) is 0 Å². The summed E-state index contributed by atoms with van der Waals surface area (Å²) in [6.07, 6.45) is 5.89. The highest BCUT2D eigenvalue weighted by Crippen LogP contribution is 2.14. The van der Waals surface area contributed by atoms with Crippen LogP contribution in [0.1, 0.15) is 15.9 Å². The van der Waals surface area contributed by atoms with Crippen LogP contribution < -0.4 is 5.32 Å². The number of hydrogen-bond acceptors (Lipinski definition) is 4. The number of aryl methyl sites for hydroxylation is 1. The first kappa shape index (κ1) is 11.1. The second kappa shape index (κ2) is 4.61. The Bertz CT molecular complexity index is 555. The summed E-state index contributed by atoms with van der Waals surface area (Å²) in [5.74, 6) is -0.370. The molecule has 0 aliphatic rings. The van der Waals surface area contributed by atoms with Crippen molar-refractivity contribution in [2.75, 3.05) is 5.32 Å². The van der Waals surface area contributed by atoms with Gasteiger partial charge in [0.25, 0.3) is 5.91 Å². The molecular weight excluding hydrogens is 218 g/mol. The maximum Gasteiger partial charge on any atom is 0.257 e. The Morgan fingerprint density at radius 3 is 2.82 bits per heavy atom. The van der Waals surface area contributed by atoms with Crippen molar-refractivity contribution >= 4 is 11.6 Å². The molecule has 2 heterocycles. The summed E-state index contributed by atoms with van der Waals surface area (Å²) in [5, 5.41) is 11.9. The van der Waals surface area contributed by atoms with Crippen LogP contribution in [-0.2, 0) is 0 Å². The van der Waals surface area contributed by atoms with E-state index in [4.69, 9.17) is 0 Å². The van der Waals surface area contributed by atoms with Gasteiger partial charge in [0.05, 0.1) is 23.6 Å². The Kier molecular flexibility index (Phi) is 3.00. The zero-order chi connectivity index (χ0) is 12.3. The van der Waals surface area contributed by atoms with Crippen molar-refractivity contribution in [3.8, 4) is 5.75 Å². The van der Waals surface area contributed by atoms with Gasteiger partial charge in [-0.1, -0.05) is 0 Å². The maximum atomic E-state index is 11.8. The smallest absolute Gasteiger partial charge is 0.257 e. The molecule has 0 radical (unpaired) electrons. The second-order valence-electron chi connectivity index (χ2n) is 3.58. The summed E-state index contributed by atoms with van der Waals surface area (Å²) < 4.78 is 0. The van der Waals surface area contributed by atoms with Crippen molar-refractivity contribution < 1.29 is 9.90 Å². The van der Waals surface area contributed by atoms with Crippen LogP contribution in [-0.4, -0.2) is 21.0 Å². The van der Waals surface area contributed by atoms with Gasteiger partial charge < -0.3 is 10.4 Å². The van der Waals surface area contributed by atoms with E-state index in [2.05, 4.69) is 15.3 Å². The van der Waals surface area contributed by atoms with E-state index in [1.165, 1.54) is 18.5 Å². The van der Waals surface area contributed by atoms with Crippen molar-refractivity contribution in [3.63, 3.8) is 0 Å². The molecule has 2 N–H and O–H groups in total. The molecule has 0 saturated heterocycles. The van der Waals surface area contributed by atoms with Crippen LogP contribution in [0.15, 0.2) is 36.9 Å². The summed E-state index contributed by atoms with van der Waals surface area (Å²) in [7, 11) is 0. The molecule has 0 fully saturated rings. The molecule has 5 nitrogen and oxygen atoms in total. The molecule has 86 valence electrons. The molecular formula is C12H11N3O2. The van der Waals surface area contributed by atoms with Gasteiger partial charge >= 0.3 is 0 Å². The van der Waals surface area contributed by atoms with Crippen LogP contribution in [0.5, 0.6) is 5.75 Å². The summed E-state index contributed by atoms with van der Waals surface area (Å²) in [6, 6.07) is 3.16. The lowest BCUT2D eigenvalue weighted by Gasteiger charge is -2.07. The van der Waals surface area contributed by atoms with Gasteiger partial charge in [-0.15, -0.1) is 0 Å². The van der Waals surface area contributed by atoms with Gasteiger partial charge in [0.15, 0.2) is 0 Å². The first-order valence-corrected chi connectivity index (χ1v) is 5.03. The van der Waals surface area contributed by atoms with E-state index < -0.39 is 0 Å². The number of carbonyl (C=O) groups is 1. The Balaban J connectivity index is 2.20. The lowest BCUT2D eigenvalue weighted by Crippen LogP contribution is -2.13. The van der Waals surface area contributed by atoms with Gasteiger partial charge in [0.2, 0.25) is 0 Å². The van der Waals surface area contributed by atoms with Crippen molar-refractivity contribution in [2.24, 2.45) is 0 Å². The van der Waals surface area contributed by atoms with Crippen molar-refractivity contribution in [1.82, 2.24) is 9.97 Å². The van der Waals surface area contributed by atoms with Gasteiger partial charge in [-0.05, 0) is 24.6 Å². The van der Waals surface area contributed by atoms with Crippen LogP contribution in [0.25, 0.3) is 0 Å². The minimum Gasteiger partial charge on any atom is -0.506 e. The number of rotatable bonds is 2. The number of carbonyl (C=O) groups excluding carboxylic acids is 1. The molecule has 0 bridgehead atoms. The monoisotopic (exact) mass is 229 g/mol. The Morgan fingerprint density at radius 2 is 2.12 bits per heavy atom. The molecule has 0 spiro atoms. The molecule has 0 unspecified atom stereocenters. The molecule has 0 aromatic carbocycles. The predicted octanol–water partition coefficient (Wildman–Crippen LogP) is 1.74. The number of aromatic hydroxyl groups is 1. The van der Waals surface area contributed by atoms with Crippen LogP contribution in [0.2, 0.25) is 0 Å². The average molecular weight is 229 g/mol. The number of nitrogens with one attached hydrogen (secondary N) is 1. The topological polar surface area (TPSA) is 75.1 Å². The van der Waals surface area contributed by atoms with Crippen LogP contribution >= 0.6 is 0 Å². The Hall–Kier alpha value is -2.43. The van der Waals surface area contributed by atoms with E-state index in [1.807, 2.05) is 6.92 Å². The summed E-state index contributed by atoms with van der Waals surface area (Å²) in [5.41, 5.74) is 1.86. The Morgan fingerprint density at radius 1 is 1.29 bits per heavy atom. The molecule has 17 heavy (non-hydrogen) atoms. The van der Waals surface area contributed by atoms with E-state index >= 15 is 0 Å². The fourth-order valence-corrected chi connectivity index (χ4v) is 1.34. The standard InChI is InChI=1S/C12H11N3O2/c1-8-2-3-13-7-11(8)15-12(17)9-4-10(16)6-14-5-9/h2-7,16H,1H3,(H,15,17). The average Bonchev–Trinajstić information content (AvgIpc) is 2.32. The third-order valence-electron chi connectivity index (χ3n) is 2.27. The Labute approximate surface area is 98.2 Å². The van der Waals surface area contributed by atoms with E-state index in [1.54, 1.807) is 18.5 Å². The molecule has 0 saturated carbocycles. The zero-order valence-electron chi connectivity index (χ0n) is 9.21. The quantitative estimate of drug-likeness (QED) is 0.822. The van der Waals surface area contributed by atoms with Gasteiger partial charge in [-0.2, -0.15) is 0 Å². The third-order valence-corrected chi connectivity index (χ3v) is 2.27.